The third-order valence-corrected chi connectivity index (χ3v) is 7.41. The van der Waals surface area contributed by atoms with Gasteiger partial charge in [0.15, 0.2) is 11.5 Å². The van der Waals surface area contributed by atoms with Crippen LogP contribution < -0.4 is 9.47 Å². The van der Waals surface area contributed by atoms with Gasteiger partial charge in [0.2, 0.25) is 5.88 Å². The lowest BCUT2D eigenvalue weighted by molar-refractivity contribution is -0.385. The summed E-state index contributed by atoms with van der Waals surface area (Å²) in [4.78, 5) is 20.2. The lowest BCUT2D eigenvalue weighted by atomic mass is 9.72. The zero-order valence-electron chi connectivity index (χ0n) is 20.1. The van der Waals surface area contributed by atoms with Gasteiger partial charge < -0.3 is 9.47 Å². The molecule has 8 nitrogen and oxygen atoms in total. The van der Waals surface area contributed by atoms with Gasteiger partial charge in [-0.1, -0.05) is 20.8 Å². The average molecular weight is 491 g/mol. The summed E-state index contributed by atoms with van der Waals surface area (Å²) in [7, 11) is 1.53. The first-order chi connectivity index (χ1) is 16.7. The predicted octanol–water partition coefficient (Wildman–Crippen LogP) is 6.63. The maximum Gasteiger partial charge on any atom is 0.287 e. The minimum Gasteiger partial charge on any atom is -0.493 e. The summed E-state index contributed by atoms with van der Waals surface area (Å²) in [6, 6.07) is 10.4. The molecule has 0 spiro atoms. The quantitative estimate of drug-likeness (QED) is 0.218. The Morgan fingerprint density at radius 3 is 2.71 bits per heavy atom. The van der Waals surface area contributed by atoms with Crippen LogP contribution in [0.15, 0.2) is 41.5 Å². The highest BCUT2D eigenvalue weighted by Crippen LogP contribution is 2.45. The largest absolute Gasteiger partial charge is 0.493 e. The minimum absolute atomic E-state index is 0.114. The Morgan fingerprint density at radius 1 is 1.29 bits per heavy atom. The number of hydrogen-bond acceptors (Lipinski definition) is 8. The Balaban J connectivity index is 1.54. The average Bonchev–Trinajstić information content (AvgIpc) is 3.19. The van der Waals surface area contributed by atoms with Crippen LogP contribution in [0.4, 0.5) is 10.7 Å². The number of ether oxygens (including phenoxy) is 2. The zero-order chi connectivity index (χ0) is 25.2. The fourth-order valence-electron chi connectivity index (χ4n) is 4.15. The van der Waals surface area contributed by atoms with E-state index in [1.165, 1.54) is 24.1 Å². The third-order valence-electron chi connectivity index (χ3n) is 6.25. The molecule has 0 fully saturated rings. The van der Waals surface area contributed by atoms with Crippen molar-refractivity contribution in [3.8, 4) is 23.4 Å². The lowest BCUT2D eigenvalue weighted by Crippen LogP contribution is -2.26. The number of fused-ring (bicyclic) bond motifs is 1. The molecule has 1 atom stereocenters. The lowest BCUT2D eigenvalue weighted by Gasteiger charge is -2.33. The summed E-state index contributed by atoms with van der Waals surface area (Å²) < 4.78 is 11.2. The van der Waals surface area contributed by atoms with E-state index in [0.717, 1.165) is 41.6 Å². The van der Waals surface area contributed by atoms with Crippen LogP contribution in [0.25, 0.3) is 0 Å². The Bertz CT molecular complexity index is 1320. The van der Waals surface area contributed by atoms with Crippen LogP contribution in [0.2, 0.25) is 0 Å². The van der Waals surface area contributed by atoms with Crippen molar-refractivity contribution in [3.63, 3.8) is 0 Å². The number of nitrogens with zero attached hydrogens (tertiary/aromatic N) is 4. The van der Waals surface area contributed by atoms with Crippen LogP contribution in [0.5, 0.6) is 17.4 Å². The van der Waals surface area contributed by atoms with E-state index in [9.17, 15) is 15.4 Å². The van der Waals surface area contributed by atoms with Gasteiger partial charge in [-0.05, 0) is 59.9 Å². The normalized spacial score (nSPS) is 15.5. The van der Waals surface area contributed by atoms with Crippen LogP contribution in [0.1, 0.15) is 48.8 Å². The summed E-state index contributed by atoms with van der Waals surface area (Å²) in [5.74, 6) is 1.70. The van der Waals surface area contributed by atoms with Gasteiger partial charge in [-0.25, -0.2) is 9.98 Å². The first kappa shape index (κ1) is 24.4. The van der Waals surface area contributed by atoms with Crippen LogP contribution in [0.3, 0.4) is 0 Å². The molecule has 0 aliphatic heterocycles. The number of nitriles is 1. The molecule has 2 aromatic heterocycles. The molecule has 3 aromatic rings. The van der Waals surface area contributed by atoms with Crippen molar-refractivity contribution in [2.45, 2.75) is 40.0 Å². The van der Waals surface area contributed by atoms with Gasteiger partial charge in [-0.3, -0.25) is 10.1 Å². The molecular formula is C26H26N4O4S. The molecule has 0 saturated heterocycles. The van der Waals surface area contributed by atoms with Crippen LogP contribution in [-0.2, 0) is 12.8 Å². The van der Waals surface area contributed by atoms with Crippen LogP contribution in [-0.4, -0.2) is 23.2 Å². The second-order valence-electron chi connectivity index (χ2n) is 9.48. The Labute approximate surface area is 208 Å². The molecule has 35 heavy (non-hydrogen) atoms. The van der Waals surface area contributed by atoms with E-state index in [1.54, 1.807) is 29.7 Å². The van der Waals surface area contributed by atoms with E-state index >= 15 is 0 Å². The molecule has 0 radical (unpaired) electrons. The third kappa shape index (κ3) is 5.33. The fourth-order valence-corrected chi connectivity index (χ4v) is 5.37. The highest BCUT2D eigenvalue weighted by atomic mass is 32.1. The number of rotatable bonds is 6. The number of benzene rings is 1. The molecule has 9 heteroatoms. The predicted molar refractivity (Wildman–Crippen MR) is 135 cm³/mol. The molecule has 4 rings (SSSR count). The van der Waals surface area contributed by atoms with Crippen molar-refractivity contribution < 1.29 is 14.4 Å². The second kappa shape index (κ2) is 9.84. The summed E-state index contributed by atoms with van der Waals surface area (Å²) in [5.41, 5.74) is 2.75. The molecule has 1 aliphatic carbocycles. The first-order valence-corrected chi connectivity index (χ1v) is 12.1. The van der Waals surface area contributed by atoms with Crippen molar-refractivity contribution in [3.05, 3.63) is 68.2 Å². The SMILES string of the molecule is COc1cc(C=Nc2sc3c(c2C#N)CC[C@H](C(C)(C)C)C3)ccc1Oc1ccc([N+](=O)[O-])cn1. The smallest absolute Gasteiger partial charge is 0.287 e. The molecule has 0 bridgehead atoms. The highest BCUT2D eigenvalue weighted by molar-refractivity contribution is 7.16. The number of hydrogen-bond donors (Lipinski definition) is 0. The van der Waals surface area contributed by atoms with Crippen molar-refractivity contribution in [1.29, 1.82) is 5.26 Å². The molecule has 1 aromatic carbocycles. The highest BCUT2D eigenvalue weighted by Gasteiger charge is 2.32. The van der Waals surface area contributed by atoms with E-state index in [0.29, 0.717) is 23.0 Å². The van der Waals surface area contributed by atoms with Gasteiger partial charge >= 0.3 is 0 Å². The number of aromatic nitrogens is 1. The molecule has 0 amide bonds. The summed E-state index contributed by atoms with van der Waals surface area (Å²) in [6.45, 7) is 6.83. The minimum atomic E-state index is -0.518. The molecule has 0 N–H and O–H groups in total. The summed E-state index contributed by atoms with van der Waals surface area (Å²) in [6.07, 6.45) is 5.86. The number of thiophene rings is 1. The second-order valence-corrected chi connectivity index (χ2v) is 10.6. The van der Waals surface area contributed by atoms with Gasteiger partial charge in [-0.15, -0.1) is 11.3 Å². The molecule has 2 heterocycles. The number of aliphatic imine (C=N–C) groups is 1. The zero-order valence-corrected chi connectivity index (χ0v) is 20.9. The van der Waals surface area contributed by atoms with Gasteiger partial charge in [0, 0.05) is 23.2 Å². The van der Waals surface area contributed by atoms with E-state index < -0.39 is 4.92 Å². The molecular weight excluding hydrogens is 464 g/mol. The topological polar surface area (TPSA) is 111 Å². The molecule has 0 unspecified atom stereocenters. The van der Waals surface area contributed by atoms with Crippen LogP contribution >= 0.6 is 11.3 Å². The van der Waals surface area contributed by atoms with Crippen molar-refractivity contribution in [1.82, 2.24) is 4.98 Å². The van der Waals surface area contributed by atoms with E-state index in [2.05, 4.69) is 36.8 Å². The van der Waals surface area contributed by atoms with Gasteiger partial charge in [0.1, 0.15) is 17.3 Å². The van der Waals surface area contributed by atoms with Crippen molar-refractivity contribution in [2.75, 3.05) is 7.11 Å². The summed E-state index contributed by atoms with van der Waals surface area (Å²) in [5, 5.41) is 21.3. The first-order valence-electron chi connectivity index (χ1n) is 11.2. The van der Waals surface area contributed by atoms with E-state index in [4.69, 9.17) is 9.47 Å². The van der Waals surface area contributed by atoms with E-state index in [-0.39, 0.29) is 17.0 Å². The van der Waals surface area contributed by atoms with E-state index in [1.807, 2.05) is 6.07 Å². The Kier molecular flexibility index (Phi) is 6.85. The van der Waals surface area contributed by atoms with Crippen molar-refractivity contribution >= 4 is 28.2 Å². The number of pyridine rings is 1. The fraction of sp³-hybridized carbons (Fsp3) is 0.346. The van der Waals surface area contributed by atoms with Crippen molar-refractivity contribution in [2.24, 2.45) is 16.3 Å². The monoisotopic (exact) mass is 490 g/mol. The molecule has 0 saturated carbocycles. The van der Waals surface area contributed by atoms with Gasteiger partial charge in [-0.2, -0.15) is 5.26 Å². The van der Waals surface area contributed by atoms with Crippen LogP contribution in [0, 0.1) is 32.8 Å². The Hall–Kier alpha value is -3.77. The number of nitro groups is 1. The maximum absolute atomic E-state index is 10.8. The van der Waals surface area contributed by atoms with Gasteiger partial charge in [0.05, 0.1) is 17.6 Å². The van der Waals surface area contributed by atoms with Gasteiger partial charge in [0.25, 0.3) is 5.69 Å². The number of methoxy groups -OCH3 is 1. The standard InChI is InChI=1S/C26H26N4O4S/c1-26(2,3)17-6-8-19-20(13-27)25(35-23(19)12-17)29-14-16-5-9-21(22(11-16)33-4)34-24-10-7-18(15-28-24)30(31)32/h5,7,9-11,14-15,17H,6,8,12H2,1-4H3/t17-/m0/s1. The molecule has 1 aliphatic rings. The Morgan fingerprint density at radius 2 is 2.09 bits per heavy atom. The maximum atomic E-state index is 10.8. The molecule has 180 valence electrons. The summed E-state index contributed by atoms with van der Waals surface area (Å²) >= 11 is 1.61.